The van der Waals surface area contributed by atoms with Gasteiger partial charge >= 0.3 is 0 Å². The van der Waals surface area contributed by atoms with Crippen LogP contribution in [0.1, 0.15) is 82.7 Å². The number of likely N-dealkylation sites (tertiary alicyclic amines) is 2. The summed E-state index contributed by atoms with van der Waals surface area (Å²) >= 11 is 0. The number of hydrogen-bond acceptors (Lipinski definition) is 4. The average Bonchev–Trinajstić information content (AvgIpc) is 3.57. The average molecular weight is 646 g/mol. The third-order valence-electron chi connectivity index (χ3n) is 13.3. The Morgan fingerprint density at radius 1 is 0.717 bits per heavy atom. The molecular weight excluding hydrogens is 588 g/mol. The van der Waals surface area contributed by atoms with Gasteiger partial charge in [-0.3, -0.25) is 0 Å². The van der Waals surface area contributed by atoms with Gasteiger partial charge in [-0.1, -0.05) is 83.7 Å². The summed E-state index contributed by atoms with van der Waals surface area (Å²) in [5.74, 6) is 4.74. The lowest BCUT2D eigenvalue weighted by atomic mass is 9.52. The Kier molecular flexibility index (Phi) is 8.22. The molecule has 0 amide bonds. The Balaban J connectivity index is 0.000000146. The summed E-state index contributed by atoms with van der Waals surface area (Å²) in [4.78, 5) is 5.15. The molecule has 4 heterocycles. The van der Waals surface area contributed by atoms with Crippen LogP contribution < -0.4 is 9.47 Å². The van der Waals surface area contributed by atoms with Gasteiger partial charge in [0.05, 0.1) is 0 Å². The highest BCUT2D eigenvalue weighted by atomic mass is 35.5. The molecule has 4 aliphatic carbocycles. The van der Waals surface area contributed by atoms with Crippen LogP contribution in [0.15, 0.2) is 48.6 Å². The van der Waals surface area contributed by atoms with Crippen LogP contribution >= 0.6 is 12.4 Å². The highest BCUT2D eigenvalue weighted by molar-refractivity contribution is 5.85. The minimum absolute atomic E-state index is 0. The molecule has 2 aromatic carbocycles. The molecule has 4 aliphatic heterocycles. The SMILES string of the molecule is C.Cc1ccc2c3c1O[C@H]1[C@@H](C)C=CC4[C@@H](C2)N(C)CC[C@@]341.Cc1ccc2c3c1O[C@H]1[C@@H](C)C=CC4[C@@H](C2)N(C)CC[C@@]341.Cl.[2H]CC. The second-order valence-corrected chi connectivity index (χ2v) is 15.2. The van der Waals surface area contributed by atoms with Crippen LogP contribution in [0.4, 0.5) is 0 Å². The fourth-order valence-electron chi connectivity index (χ4n) is 11.3. The lowest BCUT2D eigenvalue weighted by molar-refractivity contribution is -0.0142. The molecule has 4 nitrogen and oxygen atoms in total. The first-order chi connectivity index (χ1) is 21.7. The number of likely N-dealkylation sites (N-methyl/N-ethyl adjacent to an activating group) is 2. The van der Waals surface area contributed by atoms with Gasteiger partial charge in [0.1, 0.15) is 23.7 Å². The zero-order valence-corrected chi connectivity index (χ0v) is 29.1. The highest BCUT2D eigenvalue weighted by Crippen LogP contribution is 2.63. The molecule has 8 aliphatic rings. The van der Waals surface area contributed by atoms with Crippen molar-refractivity contribution in [3.63, 3.8) is 0 Å². The first-order valence-corrected chi connectivity index (χ1v) is 17.3. The molecule has 46 heavy (non-hydrogen) atoms. The number of hydrogen-bond donors (Lipinski definition) is 0. The summed E-state index contributed by atoms with van der Waals surface area (Å²) < 4.78 is 19.4. The predicted octanol–water partition coefficient (Wildman–Crippen LogP) is 8.24. The van der Waals surface area contributed by atoms with E-state index in [9.17, 15) is 0 Å². The monoisotopic (exact) mass is 645 g/mol. The number of nitrogens with zero attached hydrogens (tertiary/aromatic N) is 2. The van der Waals surface area contributed by atoms with E-state index in [2.05, 4.69) is 100 Å². The second kappa shape index (κ2) is 11.7. The molecule has 10 atom stereocenters. The first-order valence-electron chi connectivity index (χ1n) is 18.0. The van der Waals surface area contributed by atoms with Gasteiger partial charge in [-0.2, -0.15) is 0 Å². The summed E-state index contributed by atoms with van der Waals surface area (Å²) in [5, 5.41) is 0. The summed E-state index contributed by atoms with van der Waals surface area (Å²) in [6, 6.07) is 10.6. The van der Waals surface area contributed by atoms with Crippen LogP contribution in [0.2, 0.25) is 0 Å². The van der Waals surface area contributed by atoms with Gasteiger partial charge in [0.25, 0.3) is 0 Å². The van der Waals surface area contributed by atoms with E-state index in [-0.39, 0.29) is 30.7 Å². The number of halogens is 1. The quantitative estimate of drug-likeness (QED) is 0.270. The lowest BCUT2D eigenvalue weighted by Gasteiger charge is -2.56. The number of aryl methyl sites for hydroxylation is 2. The van der Waals surface area contributed by atoms with E-state index < -0.39 is 0 Å². The van der Waals surface area contributed by atoms with E-state index in [4.69, 9.17) is 10.8 Å². The van der Waals surface area contributed by atoms with Gasteiger partial charge in [0, 0.05) is 59.1 Å². The molecule has 2 saturated heterocycles. The third kappa shape index (κ3) is 4.11. The molecule has 4 bridgehead atoms. The van der Waals surface area contributed by atoms with Crippen molar-refractivity contribution < 1.29 is 10.8 Å². The topological polar surface area (TPSA) is 24.9 Å². The van der Waals surface area contributed by atoms with Gasteiger partial charge in [-0.25, -0.2) is 0 Å². The third-order valence-corrected chi connectivity index (χ3v) is 13.3. The number of ether oxygens (including phenoxy) is 2. The fourth-order valence-corrected chi connectivity index (χ4v) is 11.3. The van der Waals surface area contributed by atoms with Crippen LogP contribution in [0, 0.1) is 37.5 Å². The second-order valence-electron chi connectivity index (χ2n) is 15.2. The summed E-state index contributed by atoms with van der Waals surface area (Å²) in [6.07, 6.45) is 15.4. The first kappa shape index (κ1) is 32.3. The molecule has 2 spiro atoms. The molecular formula is C41H57ClN2O2. The number of benzene rings is 2. The molecule has 0 radical (unpaired) electrons. The van der Waals surface area contributed by atoms with Crippen molar-refractivity contribution in [2.45, 2.75) is 110 Å². The molecule has 0 saturated carbocycles. The Morgan fingerprint density at radius 3 is 1.50 bits per heavy atom. The van der Waals surface area contributed by atoms with Crippen LogP contribution in [-0.2, 0) is 23.7 Å². The van der Waals surface area contributed by atoms with Gasteiger partial charge in [-0.05, 0) is 89.0 Å². The Labute approximate surface area is 286 Å². The maximum absolute atomic E-state index is 6.59. The maximum Gasteiger partial charge on any atom is 0.126 e. The Hall–Kier alpha value is -2.27. The normalized spacial score (nSPS) is 39.3. The van der Waals surface area contributed by atoms with Crippen LogP contribution in [0.5, 0.6) is 11.5 Å². The molecule has 0 N–H and O–H groups in total. The molecule has 0 aromatic heterocycles. The molecule has 5 heteroatoms. The van der Waals surface area contributed by atoms with E-state index in [0.29, 0.717) is 54.9 Å². The lowest BCUT2D eigenvalue weighted by Crippen LogP contribution is -2.63. The van der Waals surface area contributed by atoms with Crippen LogP contribution in [0.25, 0.3) is 0 Å². The Morgan fingerprint density at radius 2 is 1.11 bits per heavy atom. The van der Waals surface area contributed by atoms with Crippen molar-refractivity contribution in [1.29, 1.82) is 0 Å². The van der Waals surface area contributed by atoms with Crippen molar-refractivity contribution in [3.8, 4) is 11.5 Å². The van der Waals surface area contributed by atoms with Crippen LogP contribution in [0.3, 0.4) is 0 Å². The van der Waals surface area contributed by atoms with Gasteiger partial charge < -0.3 is 19.3 Å². The van der Waals surface area contributed by atoms with E-state index in [0.717, 1.165) is 0 Å². The summed E-state index contributed by atoms with van der Waals surface area (Å²) in [6.45, 7) is 13.8. The molecule has 250 valence electrons. The molecule has 2 fully saturated rings. The summed E-state index contributed by atoms with van der Waals surface area (Å²) in [7, 11) is 4.60. The van der Waals surface area contributed by atoms with Crippen molar-refractivity contribution in [2.75, 3.05) is 27.2 Å². The van der Waals surface area contributed by atoms with Crippen molar-refractivity contribution in [1.82, 2.24) is 9.80 Å². The Bertz CT molecular complexity index is 1470. The van der Waals surface area contributed by atoms with Crippen molar-refractivity contribution in [2.24, 2.45) is 23.7 Å². The fraction of sp³-hybridized carbons (Fsp3) is 0.610. The van der Waals surface area contributed by atoms with E-state index in [1.807, 2.05) is 0 Å². The van der Waals surface area contributed by atoms with Gasteiger partial charge in [0.2, 0.25) is 0 Å². The standard InChI is InChI=1S/2C19H23NO.C2H6.CH4.ClH/c2*1-11-4-6-13-10-15-14-7-5-12(2)18-19(14,8-9-20(15)3)16(13)17(11)21-18;1-2;;/h2*4-7,12,14-15,18H,8-10H2,1-3H3;1-2H3;1H4;1H/t2*12-,14?,15+,18-,19-;;;/m00.../s1/i;;1D;;. The highest BCUT2D eigenvalue weighted by Gasteiger charge is 2.64. The number of rotatable bonds is 0. The van der Waals surface area contributed by atoms with Crippen molar-refractivity contribution >= 4 is 12.4 Å². The van der Waals surface area contributed by atoms with Crippen LogP contribution in [-0.4, -0.2) is 61.3 Å². The zero-order chi connectivity index (χ0) is 31.4. The van der Waals surface area contributed by atoms with Gasteiger partial charge in [-0.15, -0.1) is 12.4 Å². The smallest absolute Gasteiger partial charge is 0.126 e. The molecule has 2 aromatic rings. The zero-order valence-electron chi connectivity index (χ0n) is 29.3. The van der Waals surface area contributed by atoms with Crippen molar-refractivity contribution in [3.05, 3.63) is 82.0 Å². The molecule has 10 rings (SSSR count). The minimum Gasteiger partial charge on any atom is -0.488 e. The van der Waals surface area contributed by atoms with E-state index in [1.165, 1.54) is 61.4 Å². The maximum atomic E-state index is 6.59. The van der Waals surface area contributed by atoms with E-state index in [1.54, 1.807) is 29.2 Å². The van der Waals surface area contributed by atoms with Gasteiger partial charge in [0.15, 0.2) is 0 Å². The number of piperidine rings is 2. The predicted molar refractivity (Wildman–Crippen MR) is 193 cm³/mol. The summed E-state index contributed by atoms with van der Waals surface area (Å²) in [5.41, 5.74) is 9.40. The van der Waals surface area contributed by atoms with E-state index >= 15 is 0 Å². The largest absolute Gasteiger partial charge is 0.488 e. The minimum atomic E-state index is 0. The molecule has 2 unspecified atom stereocenters.